The molecule has 0 saturated heterocycles. The summed E-state index contributed by atoms with van der Waals surface area (Å²) < 4.78 is 0. The van der Waals surface area contributed by atoms with Crippen molar-refractivity contribution in [2.45, 2.75) is 34.6 Å². The zero-order chi connectivity index (χ0) is 9.72. The van der Waals surface area contributed by atoms with Crippen LogP contribution in [0.1, 0.15) is 30.7 Å². The first-order chi connectivity index (χ1) is 5.63. The van der Waals surface area contributed by atoms with Crippen molar-refractivity contribution in [3.05, 3.63) is 23.0 Å². The van der Waals surface area contributed by atoms with Crippen molar-refractivity contribution in [3.63, 3.8) is 0 Å². The zero-order valence-corrected chi connectivity index (χ0v) is 8.47. The van der Waals surface area contributed by atoms with E-state index in [1.54, 1.807) is 0 Å². The van der Waals surface area contributed by atoms with Crippen LogP contribution in [-0.2, 0) is 0 Å². The van der Waals surface area contributed by atoms with Gasteiger partial charge < -0.3 is 5.11 Å². The Morgan fingerprint density at radius 1 is 1.08 bits per heavy atom. The molecule has 68 valence electrons. The molecule has 2 nitrogen and oxygen atoms in total. The largest absolute Gasteiger partial charge is 0.506 e. The van der Waals surface area contributed by atoms with Crippen LogP contribution < -0.4 is 0 Å². The molecule has 0 amide bonds. The topological polar surface area (TPSA) is 33.1 Å². The van der Waals surface area contributed by atoms with E-state index in [1.807, 2.05) is 34.6 Å². The lowest BCUT2D eigenvalue weighted by molar-refractivity contribution is 0.467. The Hall–Kier alpha value is -1.05. The normalized spacial score (nSPS) is 8.75. The molecule has 0 aliphatic carbocycles. The quantitative estimate of drug-likeness (QED) is 0.644. The SMILES string of the molecule is CC.Cc1ncc(O)c(C)c1C. The third kappa shape index (κ3) is 2.22. The van der Waals surface area contributed by atoms with Crippen molar-refractivity contribution < 1.29 is 5.11 Å². The Bertz CT molecular complexity index is 229. The van der Waals surface area contributed by atoms with Crippen LogP contribution in [0.5, 0.6) is 5.75 Å². The van der Waals surface area contributed by atoms with Gasteiger partial charge in [0.1, 0.15) is 5.75 Å². The van der Waals surface area contributed by atoms with Crippen molar-refractivity contribution in [2.24, 2.45) is 0 Å². The Morgan fingerprint density at radius 2 is 1.58 bits per heavy atom. The van der Waals surface area contributed by atoms with Gasteiger partial charge in [0.2, 0.25) is 0 Å². The van der Waals surface area contributed by atoms with Gasteiger partial charge in [-0.2, -0.15) is 0 Å². The molecular weight excluding hydrogens is 150 g/mol. The van der Waals surface area contributed by atoms with E-state index < -0.39 is 0 Å². The molecule has 0 saturated carbocycles. The van der Waals surface area contributed by atoms with Crippen LogP contribution in [0.15, 0.2) is 6.20 Å². The molecule has 0 bridgehead atoms. The van der Waals surface area contributed by atoms with Gasteiger partial charge in [-0.25, -0.2) is 0 Å². The molecule has 0 atom stereocenters. The highest BCUT2D eigenvalue weighted by Gasteiger charge is 2.01. The lowest BCUT2D eigenvalue weighted by Crippen LogP contribution is -1.89. The highest BCUT2D eigenvalue weighted by molar-refractivity contribution is 5.37. The second-order valence-corrected chi connectivity index (χ2v) is 2.48. The van der Waals surface area contributed by atoms with E-state index in [2.05, 4.69) is 4.98 Å². The second kappa shape index (κ2) is 4.75. The van der Waals surface area contributed by atoms with Crippen molar-refractivity contribution in [2.75, 3.05) is 0 Å². The monoisotopic (exact) mass is 167 g/mol. The summed E-state index contributed by atoms with van der Waals surface area (Å²) in [5, 5.41) is 9.16. The maximum absolute atomic E-state index is 9.16. The number of aromatic hydroxyl groups is 1. The highest BCUT2D eigenvalue weighted by Crippen LogP contribution is 2.19. The summed E-state index contributed by atoms with van der Waals surface area (Å²) in [6.45, 7) is 9.78. The fraction of sp³-hybridized carbons (Fsp3) is 0.500. The molecule has 0 aliphatic heterocycles. The maximum Gasteiger partial charge on any atom is 0.137 e. The van der Waals surface area contributed by atoms with Crippen LogP contribution in [0.2, 0.25) is 0 Å². The van der Waals surface area contributed by atoms with Gasteiger partial charge in [0.25, 0.3) is 0 Å². The number of rotatable bonds is 0. The minimum Gasteiger partial charge on any atom is -0.506 e. The Morgan fingerprint density at radius 3 is 2.00 bits per heavy atom. The summed E-state index contributed by atoms with van der Waals surface area (Å²) >= 11 is 0. The second-order valence-electron chi connectivity index (χ2n) is 2.48. The average Bonchev–Trinajstić information content (AvgIpc) is 2.12. The average molecular weight is 167 g/mol. The van der Waals surface area contributed by atoms with Gasteiger partial charge in [-0.3, -0.25) is 4.98 Å². The minimum atomic E-state index is 0.281. The summed E-state index contributed by atoms with van der Waals surface area (Å²) in [4.78, 5) is 3.99. The standard InChI is InChI=1S/C8H11NO.C2H6/c1-5-6(2)8(10)4-9-7(5)3;1-2/h4,10H,1-3H3;1-2H3. The van der Waals surface area contributed by atoms with Gasteiger partial charge >= 0.3 is 0 Å². The van der Waals surface area contributed by atoms with Crippen LogP contribution in [0, 0.1) is 20.8 Å². The predicted octanol–water partition coefficient (Wildman–Crippen LogP) is 2.74. The van der Waals surface area contributed by atoms with Gasteiger partial charge in [0, 0.05) is 5.69 Å². The highest BCUT2D eigenvalue weighted by atomic mass is 16.3. The Labute approximate surface area is 74.3 Å². The fourth-order valence-corrected chi connectivity index (χ4v) is 0.815. The van der Waals surface area contributed by atoms with Gasteiger partial charge in [-0.15, -0.1) is 0 Å². The molecule has 1 N–H and O–H groups in total. The number of pyridine rings is 1. The smallest absolute Gasteiger partial charge is 0.137 e. The molecule has 0 unspecified atom stereocenters. The molecule has 0 aliphatic rings. The van der Waals surface area contributed by atoms with Gasteiger partial charge in [-0.05, 0) is 31.9 Å². The first-order valence-electron chi connectivity index (χ1n) is 4.24. The van der Waals surface area contributed by atoms with Crippen LogP contribution in [-0.4, -0.2) is 10.1 Å². The Kier molecular flexibility index (Phi) is 4.34. The first-order valence-corrected chi connectivity index (χ1v) is 4.24. The number of hydrogen-bond donors (Lipinski definition) is 1. The van der Waals surface area contributed by atoms with E-state index in [1.165, 1.54) is 6.20 Å². The predicted molar refractivity (Wildman–Crippen MR) is 51.5 cm³/mol. The van der Waals surface area contributed by atoms with Crippen molar-refractivity contribution in [1.29, 1.82) is 0 Å². The van der Waals surface area contributed by atoms with E-state index in [-0.39, 0.29) is 5.75 Å². The van der Waals surface area contributed by atoms with E-state index in [0.29, 0.717) is 0 Å². The third-order valence-electron chi connectivity index (χ3n) is 1.87. The molecule has 0 radical (unpaired) electrons. The van der Waals surface area contributed by atoms with Crippen molar-refractivity contribution in [3.8, 4) is 5.75 Å². The maximum atomic E-state index is 9.16. The van der Waals surface area contributed by atoms with Gasteiger partial charge in [-0.1, -0.05) is 13.8 Å². The van der Waals surface area contributed by atoms with E-state index in [4.69, 9.17) is 5.11 Å². The molecular formula is C10H17NO. The van der Waals surface area contributed by atoms with Gasteiger partial charge in [0.15, 0.2) is 0 Å². The number of aromatic nitrogens is 1. The summed E-state index contributed by atoms with van der Waals surface area (Å²) in [7, 11) is 0. The fourth-order valence-electron chi connectivity index (χ4n) is 0.815. The third-order valence-corrected chi connectivity index (χ3v) is 1.87. The molecule has 0 fully saturated rings. The number of hydrogen-bond acceptors (Lipinski definition) is 2. The molecule has 12 heavy (non-hydrogen) atoms. The van der Waals surface area contributed by atoms with Crippen LogP contribution in [0.4, 0.5) is 0 Å². The Balaban J connectivity index is 0.000000561. The first kappa shape index (κ1) is 11.0. The lowest BCUT2D eigenvalue weighted by atomic mass is 10.1. The van der Waals surface area contributed by atoms with Crippen LogP contribution in [0.25, 0.3) is 0 Å². The number of nitrogens with zero attached hydrogens (tertiary/aromatic N) is 1. The zero-order valence-electron chi connectivity index (χ0n) is 8.47. The summed E-state index contributed by atoms with van der Waals surface area (Å²) in [6.07, 6.45) is 1.48. The minimum absolute atomic E-state index is 0.281. The molecule has 1 aromatic heterocycles. The molecule has 2 heteroatoms. The van der Waals surface area contributed by atoms with E-state index >= 15 is 0 Å². The summed E-state index contributed by atoms with van der Waals surface area (Å²) in [5.74, 6) is 0.281. The summed E-state index contributed by atoms with van der Waals surface area (Å²) in [6, 6.07) is 0. The lowest BCUT2D eigenvalue weighted by Gasteiger charge is -2.03. The van der Waals surface area contributed by atoms with E-state index in [0.717, 1.165) is 16.8 Å². The van der Waals surface area contributed by atoms with Crippen molar-refractivity contribution >= 4 is 0 Å². The van der Waals surface area contributed by atoms with Crippen LogP contribution in [0.3, 0.4) is 0 Å². The van der Waals surface area contributed by atoms with Crippen molar-refractivity contribution in [1.82, 2.24) is 4.98 Å². The van der Waals surface area contributed by atoms with Gasteiger partial charge in [0.05, 0.1) is 6.20 Å². The summed E-state index contributed by atoms with van der Waals surface area (Å²) in [5.41, 5.74) is 2.97. The number of aryl methyl sites for hydroxylation is 1. The molecule has 0 aromatic carbocycles. The molecule has 0 spiro atoms. The molecule has 1 aromatic rings. The van der Waals surface area contributed by atoms with E-state index in [9.17, 15) is 0 Å². The van der Waals surface area contributed by atoms with Crippen LogP contribution >= 0.6 is 0 Å². The molecule has 1 heterocycles. The molecule has 1 rings (SSSR count).